The molecule has 0 bridgehead atoms. The van der Waals surface area contributed by atoms with E-state index in [1.54, 1.807) is 42.5 Å². The number of hydrogen-bond donors (Lipinski definition) is 1. The van der Waals surface area contributed by atoms with Gasteiger partial charge in [0.15, 0.2) is 5.58 Å². The zero-order chi connectivity index (χ0) is 20.3. The molecule has 2 aromatic carbocycles. The summed E-state index contributed by atoms with van der Waals surface area (Å²) in [6.07, 6.45) is 0.0417. The van der Waals surface area contributed by atoms with E-state index in [0.29, 0.717) is 26.8 Å². The van der Waals surface area contributed by atoms with Gasteiger partial charge in [-0.05, 0) is 24.3 Å². The van der Waals surface area contributed by atoms with Crippen LogP contribution < -0.4 is 11.1 Å². The Balaban J connectivity index is 1.59. The molecule has 3 rings (SSSR count). The highest BCUT2D eigenvalue weighted by molar-refractivity contribution is 6.39. The number of oxazole rings is 1. The normalized spacial score (nSPS) is 10.8. The summed E-state index contributed by atoms with van der Waals surface area (Å²) in [7, 11) is 1.51. The molecule has 1 aromatic heterocycles. The minimum Gasteiger partial charge on any atom is -0.408 e. The van der Waals surface area contributed by atoms with Crippen LogP contribution in [0.3, 0.4) is 0 Å². The van der Waals surface area contributed by atoms with Crippen molar-refractivity contribution in [2.45, 2.75) is 13.0 Å². The van der Waals surface area contributed by atoms with E-state index < -0.39 is 11.7 Å². The summed E-state index contributed by atoms with van der Waals surface area (Å²) in [5.74, 6) is -1.25. The van der Waals surface area contributed by atoms with E-state index in [-0.39, 0.29) is 25.4 Å². The van der Waals surface area contributed by atoms with E-state index in [1.807, 2.05) is 0 Å². The Hall–Kier alpha value is -2.77. The summed E-state index contributed by atoms with van der Waals surface area (Å²) >= 11 is 12.0. The van der Waals surface area contributed by atoms with Crippen molar-refractivity contribution >= 4 is 51.8 Å². The number of hydrogen-bond acceptors (Lipinski definition) is 4. The molecule has 28 heavy (non-hydrogen) atoms. The van der Waals surface area contributed by atoms with Gasteiger partial charge in [-0.25, -0.2) is 4.79 Å². The number of benzene rings is 2. The molecule has 0 aliphatic carbocycles. The molecule has 9 heteroatoms. The smallest absolute Gasteiger partial charge is 0.408 e. The van der Waals surface area contributed by atoms with Crippen LogP contribution in [0.5, 0.6) is 0 Å². The lowest BCUT2D eigenvalue weighted by atomic mass is 10.3. The molecule has 0 aliphatic heterocycles. The number of para-hydroxylation sites is 3. The van der Waals surface area contributed by atoms with Gasteiger partial charge in [0.05, 0.1) is 27.8 Å². The van der Waals surface area contributed by atoms with Crippen molar-refractivity contribution in [2.75, 3.05) is 18.9 Å². The molecular formula is C19H17Cl2N3O4. The first-order valence-electron chi connectivity index (χ1n) is 8.43. The maximum Gasteiger partial charge on any atom is 0.419 e. The van der Waals surface area contributed by atoms with Gasteiger partial charge in [-0.2, -0.15) is 0 Å². The van der Waals surface area contributed by atoms with Crippen molar-refractivity contribution in [1.29, 1.82) is 0 Å². The van der Waals surface area contributed by atoms with E-state index >= 15 is 0 Å². The zero-order valence-corrected chi connectivity index (χ0v) is 16.5. The number of halogens is 2. The van der Waals surface area contributed by atoms with Gasteiger partial charge in [-0.1, -0.05) is 41.4 Å². The quantitative estimate of drug-likeness (QED) is 0.660. The maximum atomic E-state index is 12.4. The topological polar surface area (TPSA) is 84.5 Å². The van der Waals surface area contributed by atoms with Crippen LogP contribution in [-0.4, -0.2) is 34.9 Å². The van der Waals surface area contributed by atoms with Crippen LogP contribution in [0.15, 0.2) is 51.7 Å². The highest BCUT2D eigenvalue weighted by Gasteiger charge is 2.17. The molecule has 2 amide bonds. The van der Waals surface area contributed by atoms with Gasteiger partial charge in [0.2, 0.25) is 11.8 Å². The summed E-state index contributed by atoms with van der Waals surface area (Å²) in [5, 5.41) is 3.21. The molecule has 0 atom stereocenters. The van der Waals surface area contributed by atoms with Gasteiger partial charge < -0.3 is 14.6 Å². The lowest BCUT2D eigenvalue weighted by molar-refractivity contribution is -0.133. The van der Waals surface area contributed by atoms with E-state index in [0.717, 1.165) is 0 Å². The van der Waals surface area contributed by atoms with Crippen LogP contribution in [-0.2, 0) is 16.1 Å². The fourth-order valence-corrected chi connectivity index (χ4v) is 3.22. The van der Waals surface area contributed by atoms with E-state index in [2.05, 4.69) is 5.32 Å². The largest absolute Gasteiger partial charge is 0.419 e. The van der Waals surface area contributed by atoms with Crippen molar-refractivity contribution in [3.63, 3.8) is 0 Å². The van der Waals surface area contributed by atoms with Crippen LogP contribution in [0, 0.1) is 0 Å². The summed E-state index contributed by atoms with van der Waals surface area (Å²) in [4.78, 5) is 37.8. The summed E-state index contributed by atoms with van der Waals surface area (Å²) < 4.78 is 6.53. The molecule has 0 radical (unpaired) electrons. The average molecular weight is 422 g/mol. The predicted octanol–water partition coefficient (Wildman–Crippen LogP) is 3.39. The first kappa shape index (κ1) is 20.0. The van der Waals surface area contributed by atoms with Crippen LogP contribution in [0.4, 0.5) is 5.69 Å². The Morgan fingerprint density at radius 2 is 1.79 bits per heavy atom. The maximum absolute atomic E-state index is 12.4. The number of carbonyl (C=O) groups excluding carboxylic acids is 2. The highest BCUT2D eigenvalue weighted by atomic mass is 35.5. The molecule has 0 aliphatic rings. The Morgan fingerprint density at radius 3 is 2.50 bits per heavy atom. The number of nitrogens with zero attached hydrogens (tertiary/aromatic N) is 2. The van der Waals surface area contributed by atoms with Crippen LogP contribution in [0.1, 0.15) is 6.42 Å². The molecule has 0 saturated heterocycles. The third-order valence-corrected chi connectivity index (χ3v) is 4.79. The first-order valence-corrected chi connectivity index (χ1v) is 9.18. The van der Waals surface area contributed by atoms with Crippen molar-refractivity contribution < 1.29 is 14.0 Å². The van der Waals surface area contributed by atoms with Crippen molar-refractivity contribution in [3.05, 3.63) is 63.1 Å². The number of aromatic nitrogens is 1. The minimum atomic E-state index is -0.525. The summed E-state index contributed by atoms with van der Waals surface area (Å²) in [5.41, 5.74) is 1.38. The molecule has 146 valence electrons. The van der Waals surface area contributed by atoms with Crippen molar-refractivity contribution in [3.8, 4) is 0 Å². The average Bonchev–Trinajstić information content (AvgIpc) is 2.98. The van der Waals surface area contributed by atoms with Crippen molar-refractivity contribution in [2.24, 2.45) is 0 Å². The number of carbonyl (C=O) groups is 2. The SMILES string of the molecule is CN(CC(=O)Nc1c(Cl)cccc1Cl)C(=O)CCn1c(=O)oc2ccccc21. The summed E-state index contributed by atoms with van der Waals surface area (Å²) in [6, 6.07) is 11.8. The number of fused-ring (bicyclic) bond motifs is 1. The molecule has 0 unspecified atom stereocenters. The molecule has 1 N–H and O–H groups in total. The van der Waals surface area contributed by atoms with Gasteiger partial charge >= 0.3 is 5.76 Å². The molecule has 3 aromatic rings. The molecule has 0 saturated carbocycles. The van der Waals surface area contributed by atoms with E-state index in [1.165, 1.54) is 16.5 Å². The summed E-state index contributed by atoms with van der Waals surface area (Å²) in [6.45, 7) is -0.0294. The number of anilines is 1. The number of rotatable bonds is 6. The van der Waals surface area contributed by atoms with Crippen LogP contribution in [0.25, 0.3) is 11.1 Å². The predicted molar refractivity (Wildman–Crippen MR) is 108 cm³/mol. The van der Waals surface area contributed by atoms with Gasteiger partial charge in [0, 0.05) is 20.0 Å². The molecular weight excluding hydrogens is 405 g/mol. The number of aryl methyl sites for hydroxylation is 1. The van der Waals surface area contributed by atoms with E-state index in [4.69, 9.17) is 27.6 Å². The van der Waals surface area contributed by atoms with Crippen LogP contribution in [0.2, 0.25) is 10.0 Å². The second-order valence-corrected chi connectivity index (χ2v) is 6.95. The molecule has 1 heterocycles. The van der Waals surface area contributed by atoms with E-state index in [9.17, 15) is 14.4 Å². The van der Waals surface area contributed by atoms with Gasteiger partial charge in [0.25, 0.3) is 0 Å². The fraction of sp³-hybridized carbons (Fsp3) is 0.211. The second kappa shape index (κ2) is 8.50. The van der Waals surface area contributed by atoms with Gasteiger partial charge in [0.1, 0.15) is 0 Å². The Labute approximate surface area is 170 Å². The number of nitrogens with one attached hydrogen (secondary N) is 1. The van der Waals surface area contributed by atoms with Crippen molar-refractivity contribution in [1.82, 2.24) is 9.47 Å². The Bertz CT molecular complexity index is 1070. The van der Waals surface area contributed by atoms with Gasteiger partial charge in [-0.3, -0.25) is 14.2 Å². The second-order valence-electron chi connectivity index (χ2n) is 6.13. The Kier molecular flexibility index (Phi) is 6.06. The van der Waals surface area contributed by atoms with Crippen LogP contribution >= 0.6 is 23.2 Å². The highest BCUT2D eigenvalue weighted by Crippen LogP contribution is 2.29. The lowest BCUT2D eigenvalue weighted by Gasteiger charge is -2.17. The third kappa shape index (κ3) is 4.37. The fourth-order valence-electron chi connectivity index (χ4n) is 2.72. The van der Waals surface area contributed by atoms with Gasteiger partial charge in [-0.15, -0.1) is 0 Å². The molecule has 0 spiro atoms. The third-order valence-electron chi connectivity index (χ3n) is 4.16. The number of amides is 2. The Morgan fingerprint density at radius 1 is 1.11 bits per heavy atom. The molecule has 7 nitrogen and oxygen atoms in total. The standard InChI is InChI=1S/C19H17Cl2N3O4/c1-23(11-16(25)22-18-12(20)5-4-6-13(18)21)17(26)9-10-24-14-7-2-3-8-15(14)28-19(24)27/h2-8H,9-11H2,1H3,(H,22,25). The molecule has 0 fully saturated rings. The zero-order valence-electron chi connectivity index (χ0n) is 14.9. The minimum absolute atomic E-state index is 0.0417. The number of likely N-dealkylation sites (N-methyl/N-ethyl adjacent to an activating group) is 1. The first-order chi connectivity index (χ1) is 13.4. The lowest BCUT2D eigenvalue weighted by Crippen LogP contribution is -2.35. The monoisotopic (exact) mass is 421 g/mol.